The third-order valence-corrected chi connectivity index (χ3v) is 0.393. The van der Waals surface area contributed by atoms with Gasteiger partial charge in [-0.3, -0.25) is 0 Å². The van der Waals surface area contributed by atoms with Crippen LogP contribution in [-0.2, 0) is 4.79 Å². The van der Waals surface area contributed by atoms with Crippen molar-refractivity contribution in [2.45, 2.75) is 0 Å². The average molecular weight is 134 g/mol. The molecule has 0 radical (unpaired) electrons. The minimum atomic E-state index is -1.26. The fourth-order valence-electron chi connectivity index (χ4n) is 0.0478. The van der Waals surface area contributed by atoms with Gasteiger partial charge in [0, 0.05) is 0 Å². The van der Waals surface area contributed by atoms with Crippen LogP contribution in [0.1, 0.15) is 0 Å². The Balaban J connectivity index is 0. The van der Waals surface area contributed by atoms with Crippen molar-refractivity contribution in [2.24, 2.45) is 0 Å². The number of hydrogen-bond donors (Lipinski definition) is 1. The second-order valence-electron chi connectivity index (χ2n) is 0.896. The molecule has 0 rings (SSSR count). The third-order valence-electron chi connectivity index (χ3n) is 0.393. The van der Waals surface area contributed by atoms with Gasteiger partial charge in [-0.15, -0.1) is 12.4 Å². The van der Waals surface area contributed by atoms with Crippen molar-refractivity contribution >= 4 is 18.4 Å². The lowest BCUT2D eigenvalue weighted by Gasteiger charge is -1.76. The second-order valence-corrected chi connectivity index (χ2v) is 0.896. The van der Waals surface area contributed by atoms with Gasteiger partial charge in [0.25, 0.3) is 0 Å². The molecule has 0 bridgehead atoms. The van der Waals surface area contributed by atoms with E-state index in [0.717, 1.165) is 0 Å². The molecular formula is C4H4ClNO2. The Morgan fingerprint density at radius 3 is 2.12 bits per heavy atom. The molecule has 0 aromatic heterocycles. The van der Waals surface area contributed by atoms with Gasteiger partial charge in [-0.25, -0.2) is 4.79 Å². The Labute approximate surface area is 52.6 Å². The van der Waals surface area contributed by atoms with Crippen LogP contribution in [0.5, 0.6) is 0 Å². The third kappa shape index (κ3) is 3.19. The lowest BCUT2D eigenvalue weighted by atomic mass is 10.4. The van der Waals surface area contributed by atoms with Crippen LogP contribution in [0.3, 0.4) is 0 Å². The molecule has 0 fully saturated rings. The number of carbonyl (C=O) groups is 1. The lowest BCUT2D eigenvalue weighted by molar-refractivity contribution is -0.132. The normalized spacial score (nSPS) is 5.88. The molecule has 0 atom stereocenters. The van der Waals surface area contributed by atoms with Crippen LogP contribution in [-0.4, -0.2) is 11.1 Å². The Hall–Kier alpha value is -1.01. The number of carboxylic acid groups (broad SMARTS) is 1. The van der Waals surface area contributed by atoms with E-state index in [4.69, 9.17) is 10.4 Å². The molecule has 0 amide bonds. The Morgan fingerprint density at radius 1 is 1.75 bits per heavy atom. The van der Waals surface area contributed by atoms with Gasteiger partial charge < -0.3 is 5.11 Å². The molecule has 8 heavy (non-hydrogen) atoms. The van der Waals surface area contributed by atoms with E-state index in [1.54, 1.807) is 0 Å². The standard InChI is InChI=1S/C4H3NO2.ClH/c1-3(2-5)4(6)7;/h1H2,(H,6,7);1H. The summed E-state index contributed by atoms with van der Waals surface area (Å²) in [5.74, 6) is -1.26. The molecule has 0 aliphatic carbocycles. The molecule has 0 aliphatic heterocycles. The van der Waals surface area contributed by atoms with Crippen molar-refractivity contribution in [1.82, 2.24) is 0 Å². The highest BCUT2D eigenvalue weighted by Gasteiger charge is 1.97. The molecule has 0 heterocycles. The quantitative estimate of drug-likeness (QED) is 0.420. The SMILES string of the molecule is C=C(C#N)C(=O)O.Cl. The summed E-state index contributed by atoms with van der Waals surface area (Å²) in [7, 11) is 0. The first-order chi connectivity index (χ1) is 3.18. The Bertz CT molecular complexity index is 147. The summed E-state index contributed by atoms with van der Waals surface area (Å²) >= 11 is 0. The molecule has 0 spiro atoms. The summed E-state index contributed by atoms with van der Waals surface area (Å²) in [6.45, 7) is 2.91. The van der Waals surface area contributed by atoms with Gasteiger partial charge in [0.05, 0.1) is 0 Å². The van der Waals surface area contributed by atoms with Crippen LogP contribution in [0.2, 0.25) is 0 Å². The molecular weight excluding hydrogens is 130 g/mol. The summed E-state index contributed by atoms with van der Waals surface area (Å²) < 4.78 is 0. The molecule has 4 heteroatoms. The highest BCUT2D eigenvalue weighted by atomic mass is 35.5. The van der Waals surface area contributed by atoms with Crippen molar-refractivity contribution in [3.05, 3.63) is 12.2 Å². The maximum absolute atomic E-state index is 9.61. The Morgan fingerprint density at radius 2 is 2.12 bits per heavy atom. The number of nitrogens with zero attached hydrogens (tertiary/aromatic N) is 1. The van der Waals surface area contributed by atoms with E-state index >= 15 is 0 Å². The van der Waals surface area contributed by atoms with E-state index in [1.165, 1.54) is 6.07 Å². The number of rotatable bonds is 1. The monoisotopic (exact) mass is 133 g/mol. The fraction of sp³-hybridized carbons (Fsp3) is 0. The van der Waals surface area contributed by atoms with E-state index in [9.17, 15) is 4.79 Å². The van der Waals surface area contributed by atoms with Crippen molar-refractivity contribution in [3.63, 3.8) is 0 Å². The average Bonchev–Trinajstić information content (AvgIpc) is 1.65. The van der Waals surface area contributed by atoms with Gasteiger partial charge in [0.15, 0.2) is 0 Å². The number of carboxylic acids is 1. The first-order valence-electron chi connectivity index (χ1n) is 1.50. The molecule has 0 saturated carbocycles. The molecule has 0 unspecified atom stereocenters. The van der Waals surface area contributed by atoms with Gasteiger partial charge in [-0.2, -0.15) is 5.26 Å². The molecule has 3 nitrogen and oxygen atoms in total. The predicted octanol–water partition coefficient (Wildman–Crippen LogP) is 0.573. The molecule has 1 N–H and O–H groups in total. The topological polar surface area (TPSA) is 61.1 Å². The fourth-order valence-corrected chi connectivity index (χ4v) is 0.0478. The first kappa shape index (κ1) is 10.1. The highest BCUT2D eigenvalue weighted by molar-refractivity contribution is 5.90. The number of halogens is 1. The maximum Gasteiger partial charge on any atom is 0.345 e. The molecule has 44 valence electrons. The summed E-state index contributed by atoms with van der Waals surface area (Å²) in [6.07, 6.45) is 0. The van der Waals surface area contributed by atoms with Crippen molar-refractivity contribution < 1.29 is 9.90 Å². The molecule has 0 aromatic rings. The van der Waals surface area contributed by atoms with Crippen LogP contribution in [0, 0.1) is 11.3 Å². The van der Waals surface area contributed by atoms with Crippen LogP contribution < -0.4 is 0 Å². The number of aliphatic carboxylic acids is 1. The van der Waals surface area contributed by atoms with Crippen LogP contribution >= 0.6 is 12.4 Å². The zero-order valence-corrected chi connectivity index (χ0v) is 4.73. The lowest BCUT2D eigenvalue weighted by Crippen LogP contribution is -1.94. The molecule has 0 aliphatic rings. The zero-order valence-electron chi connectivity index (χ0n) is 3.92. The van der Waals surface area contributed by atoms with Gasteiger partial charge >= 0.3 is 5.97 Å². The smallest absolute Gasteiger partial charge is 0.345 e. The van der Waals surface area contributed by atoms with Crippen molar-refractivity contribution in [3.8, 4) is 6.07 Å². The van der Waals surface area contributed by atoms with Crippen LogP contribution in [0.4, 0.5) is 0 Å². The molecule has 0 saturated heterocycles. The minimum Gasteiger partial charge on any atom is -0.477 e. The summed E-state index contributed by atoms with van der Waals surface area (Å²) in [6, 6.07) is 1.37. The van der Waals surface area contributed by atoms with E-state index in [2.05, 4.69) is 6.58 Å². The summed E-state index contributed by atoms with van der Waals surface area (Å²) in [5, 5.41) is 15.6. The van der Waals surface area contributed by atoms with E-state index in [0.29, 0.717) is 0 Å². The summed E-state index contributed by atoms with van der Waals surface area (Å²) in [4.78, 5) is 9.61. The minimum absolute atomic E-state index is 0. The van der Waals surface area contributed by atoms with Crippen molar-refractivity contribution in [2.75, 3.05) is 0 Å². The van der Waals surface area contributed by atoms with Gasteiger partial charge in [-0.05, 0) is 0 Å². The van der Waals surface area contributed by atoms with Gasteiger partial charge in [0.1, 0.15) is 11.6 Å². The first-order valence-corrected chi connectivity index (χ1v) is 1.50. The van der Waals surface area contributed by atoms with E-state index in [1.807, 2.05) is 0 Å². The predicted molar refractivity (Wildman–Crippen MR) is 29.6 cm³/mol. The second kappa shape index (κ2) is 4.16. The zero-order chi connectivity index (χ0) is 5.86. The maximum atomic E-state index is 9.61. The molecule has 0 aromatic carbocycles. The number of nitriles is 1. The van der Waals surface area contributed by atoms with Gasteiger partial charge in [-0.1, -0.05) is 6.58 Å². The highest BCUT2D eigenvalue weighted by Crippen LogP contribution is 1.81. The van der Waals surface area contributed by atoms with E-state index in [-0.39, 0.29) is 12.4 Å². The summed E-state index contributed by atoms with van der Waals surface area (Å²) in [5.41, 5.74) is -0.431. The van der Waals surface area contributed by atoms with Gasteiger partial charge in [0.2, 0.25) is 0 Å². The Kier molecular flexibility index (Phi) is 5.23. The van der Waals surface area contributed by atoms with Crippen molar-refractivity contribution in [1.29, 1.82) is 5.26 Å². The largest absolute Gasteiger partial charge is 0.477 e. The van der Waals surface area contributed by atoms with E-state index < -0.39 is 11.5 Å². The van der Waals surface area contributed by atoms with Crippen LogP contribution in [0.15, 0.2) is 12.2 Å². The number of hydrogen-bond acceptors (Lipinski definition) is 2. The van der Waals surface area contributed by atoms with Crippen LogP contribution in [0.25, 0.3) is 0 Å².